The van der Waals surface area contributed by atoms with Gasteiger partial charge in [-0.25, -0.2) is 0 Å². The first-order valence-corrected chi connectivity index (χ1v) is 15.9. The first-order chi connectivity index (χ1) is 21.4. The molecule has 1 aliphatic heterocycles. The van der Waals surface area contributed by atoms with Crippen molar-refractivity contribution in [2.24, 2.45) is 0 Å². The monoisotopic (exact) mass is 608 g/mol. The number of benzene rings is 3. The molecule has 1 atom stereocenters. The third-order valence-corrected chi connectivity index (χ3v) is 9.19. The Kier molecular flexibility index (Phi) is 9.27. The minimum Gasteiger partial charge on any atom is -0.451 e. The van der Waals surface area contributed by atoms with Crippen molar-refractivity contribution in [1.82, 2.24) is 10.2 Å². The largest absolute Gasteiger partial charge is 0.451 e. The highest BCUT2D eigenvalue weighted by Gasteiger charge is 2.25. The third kappa shape index (κ3) is 7.13. The van der Waals surface area contributed by atoms with Crippen LogP contribution in [0.2, 0.25) is 5.02 Å². The van der Waals surface area contributed by atoms with Gasteiger partial charge < -0.3 is 14.6 Å². The number of carbonyl (C=O) groups is 2. The zero-order chi connectivity index (χ0) is 30.5. The molecule has 2 amide bonds. The number of hydrogen-bond acceptors (Lipinski definition) is 4. The van der Waals surface area contributed by atoms with Crippen molar-refractivity contribution < 1.29 is 14.0 Å². The number of para-hydroxylation sites is 1. The van der Waals surface area contributed by atoms with Crippen LogP contribution in [0.1, 0.15) is 78.1 Å². The molecule has 4 aromatic rings. The predicted molar refractivity (Wildman–Crippen MR) is 174 cm³/mol. The fourth-order valence-electron chi connectivity index (χ4n) is 6.54. The van der Waals surface area contributed by atoms with E-state index in [0.29, 0.717) is 47.7 Å². The highest BCUT2D eigenvalue weighted by molar-refractivity contribution is 6.30. The number of fused-ring (bicyclic) bond motifs is 1. The van der Waals surface area contributed by atoms with Gasteiger partial charge in [0.25, 0.3) is 5.91 Å². The number of halogens is 1. The average molecular weight is 609 g/mol. The number of allylic oxidation sites excluding steroid dienone is 1. The normalized spacial score (nSPS) is 17.6. The second-order valence-corrected chi connectivity index (χ2v) is 12.4. The molecule has 7 heteroatoms. The minimum absolute atomic E-state index is 0.0114. The SMILES string of the molecule is O=C(N[C@@H](CC=C1CCC(c2ccccc2CN2CCCC2=O)CC1)Cc1ccc(Cl)cc1)c1cc(=O)c2ccccc2o1. The van der Waals surface area contributed by atoms with Crippen LogP contribution in [0.3, 0.4) is 0 Å². The molecule has 0 bridgehead atoms. The summed E-state index contributed by atoms with van der Waals surface area (Å²) >= 11 is 6.11. The van der Waals surface area contributed by atoms with Gasteiger partial charge in [-0.3, -0.25) is 14.4 Å². The molecule has 0 unspecified atom stereocenters. The average Bonchev–Trinajstić information content (AvgIpc) is 3.45. The fraction of sp³-hybridized carbons (Fsp3) is 0.324. The Hall–Kier alpha value is -4.16. The van der Waals surface area contributed by atoms with Gasteiger partial charge in [0.05, 0.1) is 5.39 Å². The highest BCUT2D eigenvalue weighted by Crippen LogP contribution is 2.37. The van der Waals surface area contributed by atoms with E-state index < -0.39 is 5.91 Å². The molecule has 226 valence electrons. The molecule has 1 saturated heterocycles. The first kappa shape index (κ1) is 29.9. The Bertz CT molecular complexity index is 1730. The number of carbonyl (C=O) groups excluding carboxylic acids is 2. The van der Waals surface area contributed by atoms with Gasteiger partial charge in [0.15, 0.2) is 11.2 Å². The van der Waals surface area contributed by atoms with Gasteiger partial charge in [-0.05, 0) is 91.8 Å². The number of rotatable bonds is 9. The summed E-state index contributed by atoms with van der Waals surface area (Å²) in [7, 11) is 0. The van der Waals surface area contributed by atoms with E-state index in [-0.39, 0.29) is 23.1 Å². The molecule has 2 heterocycles. The van der Waals surface area contributed by atoms with Crippen LogP contribution in [0.4, 0.5) is 0 Å². The van der Waals surface area contributed by atoms with E-state index >= 15 is 0 Å². The summed E-state index contributed by atoms with van der Waals surface area (Å²) in [6.07, 6.45) is 9.31. The standard InChI is InChI=1S/C37H37ClN2O4/c38-29-18-13-26(14-19-29)22-30(39-37(43)35-23-33(41)32-8-3-4-9-34(32)44-35)20-15-25-11-16-27(17-12-25)31-7-2-1-6-28(31)24-40-21-5-10-36(40)42/h1-4,6-9,13-15,18-19,23,27,30H,5,10-12,16-17,20-22,24H2,(H,39,43)/t27?,30-/m0/s1. The van der Waals surface area contributed by atoms with E-state index in [1.54, 1.807) is 24.3 Å². The molecule has 0 spiro atoms. The molecular formula is C37H37ClN2O4. The maximum absolute atomic E-state index is 13.3. The van der Waals surface area contributed by atoms with Gasteiger partial charge in [0, 0.05) is 36.6 Å². The van der Waals surface area contributed by atoms with Crippen LogP contribution < -0.4 is 10.7 Å². The third-order valence-electron chi connectivity index (χ3n) is 8.94. The Morgan fingerprint density at radius 3 is 2.50 bits per heavy atom. The molecule has 3 aromatic carbocycles. The molecule has 6 rings (SSSR count). The summed E-state index contributed by atoms with van der Waals surface area (Å²) in [6, 6.07) is 24.3. The molecule has 1 aliphatic carbocycles. The lowest BCUT2D eigenvalue weighted by Crippen LogP contribution is -2.36. The molecule has 6 nitrogen and oxygen atoms in total. The van der Waals surface area contributed by atoms with Crippen LogP contribution in [0.15, 0.2) is 99.7 Å². The quantitative estimate of drug-likeness (QED) is 0.199. The number of likely N-dealkylation sites (tertiary alicyclic amines) is 1. The zero-order valence-electron chi connectivity index (χ0n) is 24.8. The summed E-state index contributed by atoms with van der Waals surface area (Å²) < 4.78 is 5.81. The van der Waals surface area contributed by atoms with Crippen molar-refractivity contribution in [3.05, 3.63) is 128 Å². The van der Waals surface area contributed by atoms with Crippen LogP contribution in [-0.2, 0) is 17.8 Å². The van der Waals surface area contributed by atoms with E-state index in [4.69, 9.17) is 16.0 Å². The Labute approximate surface area is 262 Å². The molecule has 44 heavy (non-hydrogen) atoms. The van der Waals surface area contributed by atoms with Gasteiger partial charge in [-0.2, -0.15) is 0 Å². The first-order valence-electron chi connectivity index (χ1n) is 15.5. The van der Waals surface area contributed by atoms with Gasteiger partial charge in [-0.15, -0.1) is 0 Å². The van der Waals surface area contributed by atoms with Crippen molar-refractivity contribution in [1.29, 1.82) is 0 Å². The predicted octanol–water partition coefficient (Wildman–Crippen LogP) is 7.58. The van der Waals surface area contributed by atoms with Crippen molar-refractivity contribution in [2.75, 3.05) is 6.54 Å². The van der Waals surface area contributed by atoms with E-state index in [9.17, 15) is 14.4 Å². The number of hydrogen-bond donors (Lipinski definition) is 1. The smallest absolute Gasteiger partial charge is 0.287 e. The van der Waals surface area contributed by atoms with E-state index in [0.717, 1.165) is 44.2 Å². The number of nitrogens with zero attached hydrogens (tertiary/aromatic N) is 1. The summed E-state index contributed by atoms with van der Waals surface area (Å²) in [5.74, 6) is 0.345. The lowest BCUT2D eigenvalue weighted by atomic mass is 9.79. The maximum atomic E-state index is 13.3. The van der Waals surface area contributed by atoms with Gasteiger partial charge in [-0.1, -0.05) is 71.8 Å². The summed E-state index contributed by atoms with van der Waals surface area (Å²) in [4.78, 5) is 40.2. The summed E-state index contributed by atoms with van der Waals surface area (Å²) in [6.45, 7) is 1.56. The molecular weight excluding hydrogens is 572 g/mol. The molecule has 1 aromatic heterocycles. The summed E-state index contributed by atoms with van der Waals surface area (Å²) in [5, 5.41) is 4.25. The molecule has 1 N–H and O–H groups in total. The fourth-order valence-corrected chi connectivity index (χ4v) is 6.66. The Morgan fingerprint density at radius 1 is 0.977 bits per heavy atom. The molecule has 0 radical (unpaired) electrons. The summed E-state index contributed by atoms with van der Waals surface area (Å²) in [5.41, 5.74) is 5.27. The van der Waals surface area contributed by atoms with E-state index in [2.05, 4.69) is 35.7 Å². The lowest BCUT2D eigenvalue weighted by molar-refractivity contribution is -0.128. The van der Waals surface area contributed by atoms with E-state index in [1.165, 1.54) is 22.8 Å². The van der Waals surface area contributed by atoms with Crippen LogP contribution in [0, 0.1) is 0 Å². The highest BCUT2D eigenvalue weighted by atomic mass is 35.5. The topological polar surface area (TPSA) is 79.6 Å². The Balaban J connectivity index is 1.13. The lowest BCUT2D eigenvalue weighted by Gasteiger charge is -2.28. The van der Waals surface area contributed by atoms with Crippen molar-refractivity contribution in [3.63, 3.8) is 0 Å². The van der Waals surface area contributed by atoms with Crippen molar-refractivity contribution >= 4 is 34.4 Å². The van der Waals surface area contributed by atoms with Crippen molar-refractivity contribution in [2.45, 2.75) is 69.9 Å². The number of nitrogens with one attached hydrogen (secondary N) is 1. The van der Waals surface area contributed by atoms with Crippen LogP contribution in [-0.4, -0.2) is 29.3 Å². The second-order valence-electron chi connectivity index (χ2n) is 12.0. The molecule has 2 fully saturated rings. The number of amides is 2. The molecule has 1 saturated carbocycles. The van der Waals surface area contributed by atoms with Crippen LogP contribution in [0.5, 0.6) is 0 Å². The van der Waals surface area contributed by atoms with Gasteiger partial charge >= 0.3 is 0 Å². The van der Waals surface area contributed by atoms with Crippen LogP contribution >= 0.6 is 11.6 Å². The second kappa shape index (κ2) is 13.6. The minimum atomic E-state index is -0.401. The Morgan fingerprint density at radius 2 is 1.73 bits per heavy atom. The van der Waals surface area contributed by atoms with Gasteiger partial charge in [0.2, 0.25) is 5.91 Å². The van der Waals surface area contributed by atoms with E-state index in [1.807, 2.05) is 29.2 Å². The van der Waals surface area contributed by atoms with Gasteiger partial charge in [0.1, 0.15) is 5.58 Å². The molecule has 2 aliphatic rings. The van der Waals surface area contributed by atoms with Crippen molar-refractivity contribution in [3.8, 4) is 0 Å². The maximum Gasteiger partial charge on any atom is 0.287 e. The zero-order valence-corrected chi connectivity index (χ0v) is 25.5. The van der Waals surface area contributed by atoms with Crippen LogP contribution in [0.25, 0.3) is 11.0 Å².